The van der Waals surface area contributed by atoms with Gasteiger partial charge >= 0.3 is 5.97 Å². The number of rotatable bonds is 7. The van der Waals surface area contributed by atoms with Crippen LogP contribution >= 0.6 is 0 Å². The summed E-state index contributed by atoms with van der Waals surface area (Å²) >= 11 is 0. The molecule has 0 aromatic heterocycles. The number of methoxy groups -OCH3 is 3. The van der Waals surface area contributed by atoms with E-state index in [0.717, 1.165) is 0 Å². The number of carbonyl (C=O) groups is 1. The zero-order chi connectivity index (χ0) is 28.0. The highest BCUT2D eigenvalue weighted by molar-refractivity contribution is 5.75. The molecule has 2 rings (SSSR count). The zero-order valence-electron chi connectivity index (χ0n) is 23.4. The molecule has 2 unspecified atom stereocenters. The molecule has 10 heteroatoms. The average molecular weight is 533 g/mol. The highest BCUT2D eigenvalue weighted by atomic mass is 16.6. The Labute approximate surface area is 220 Å². The van der Waals surface area contributed by atoms with Crippen molar-refractivity contribution in [2.24, 2.45) is 11.3 Å². The first-order valence-corrected chi connectivity index (χ1v) is 13.2. The number of esters is 1. The fraction of sp³-hybridized carbons (Fsp3) is 0.889. The van der Waals surface area contributed by atoms with Crippen LogP contribution in [0, 0.1) is 11.3 Å². The first kappa shape index (κ1) is 32.1. The van der Waals surface area contributed by atoms with Crippen LogP contribution in [0.15, 0.2) is 11.6 Å². The van der Waals surface area contributed by atoms with Crippen molar-refractivity contribution in [3.63, 3.8) is 0 Å². The Morgan fingerprint density at radius 1 is 1.08 bits per heavy atom. The summed E-state index contributed by atoms with van der Waals surface area (Å²) in [5.74, 6) is -2.72. The first-order chi connectivity index (χ1) is 17.3. The average Bonchev–Trinajstić information content (AvgIpc) is 2.87. The van der Waals surface area contributed by atoms with Crippen molar-refractivity contribution in [2.45, 2.75) is 115 Å². The van der Waals surface area contributed by atoms with Gasteiger partial charge in [-0.2, -0.15) is 0 Å². The summed E-state index contributed by atoms with van der Waals surface area (Å²) in [6.07, 6.45) is -2.32. The summed E-state index contributed by atoms with van der Waals surface area (Å²) in [5.41, 5.74) is -0.411. The Bertz CT molecular complexity index is 751. The third-order valence-electron chi connectivity index (χ3n) is 8.28. The number of fused-ring (bicyclic) bond motifs is 2. The third-order valence-corrected chi connectivity index (χ3v) is 8.28. The lowest BCUT2D eigenvalue weighted by molar-refractivity contribution is -0.340. The van der Waals surface area contributed by atoms with Gasteiger partial charge in [-0.1, -0.05) is 26.8 Å². The first-order valence-electron chi connectivity index (χ1n) is 13.2. The van der Waals surface area contributed by atoms with E-state index in [1.165, 1.54) is 14.2 Å². The third kappa shape index (κ3) is 7.73. The molecule has 2 saturated heterocycles. The molecule has 4 N–H and O–H groups in total. The van der Waals surface area contributed by atoms with Gasteiger partial charge in [0.15, 0.2) is 11.9 Å². The number of ether oxygens (including phenoxy) is 5. The van der Waals surface area contributed by atoms with Crippen LogP contribution in [0.2, 0.25) is 0 Å². The smallest absolute Gasteiger partial charge is 0.338 e. The van der Waals surface area contributed by atoms with E-state index < -0.39 is 53.8 Å². The van der Waals surface area contributed by atoms with Crippen molar-refractivity contribution in [2.75, 3.05) is 27.9 Å². The fourth-order valence-corrected chi connectivity index (χ4v) is 5.21. The van der Waals surface area contributed by atoms with E-state index in [1.54, 1.807) is 27.9 Å². The maximum Gasteiger partial charge on any atom is 0.338 e. The minimum atomic E-state index is -1.74. The maximum atomic E-state index is 13.1. The number of carbonyl (C=O) groups excluding carboxylic acids is 1. The fourth-order valence-electron chi connectivity index (χ4n) is 5.21. The van der Waals surface area contributed by atoms with Gasteiger partial charge in [0.25, 0.3) is 0 Å². The van der Waals surface area contributed by atoms with Gasteiger partial charge < -0.3 is 44.1 Å². The maximum absolute atomic E-state index is 13.1. The summed E-state index contributed by atoms with van der Waals surface area (Å²) in [6, 6.07) is 0. The molecule has 0 spiro atoms. The summed E-state index contributed by atoms with van der Waals surface area (Å²) in [5, 5.41) is 43.6. The predicted octanol–water partition coefficient (Wildman–Crippen LogP) is 1.71. The largest absolute Gasteiger partial charge is 0.456 e. The number of cyclic esters (lactones) is 1. The van der Waals surface area contributed by atoms with Gasteiger partial charge in [0.2, 0.25) is 0 Å². The monoisotopic (exact) mass is 532 g/mol. The van der Waals surface area contributed by atoms with Gasteiger partial charge in [-0.3, -0.25) is 0 Å². The number of hydrogen-bond acceptors (Lipinski definition) is 10. The predicted molar refractivity (Wildman–Crippen MR) is 136 cm³/mol. The van der Waals surface area contributed by atoms with Gasteiger partial charge in [0, 0.05) is 71.4 Å². The molecule has 2 aliphatic heterocycles. The van der Waals surface area contributed by atoms with Crippen LogP contribution in [-0.4, -0.2) is 103 Å². The highest BCUT2D eigenvalue weighted by Gasteiger charge is 2.55. The second-order valence-corrected chi connectivity index (χ2v) is 11.0. The number of aliphatic hydroxyl groups excluding tert-OH is 3. The van der Waals surface area contributed by atoms with E-state index in [-0.39, 0.29) is 44.3 Å². The van der Waals surface area contributed by atoms with Gasteiger partial charge in [0.1, 0.15) is 6.10 Å². The van der Waals surface area contributed by atoms with Crippen molar-refractivity contribution < 1.29 is 48.9 Å². The van der Waals surface area contributed by atoms with Gasteiger partial charge in [-0.25, -0.2) is 4.79 Å². The lowest BCUT2D eigenvalue weighted by Gasteiger charge is -2.51. The second-order valence-electron chi connectivity index (χ2n) is 11.0. The topological polar surface area (TPSA) is 144 Å². The van der Waals surface area contributed by atoms with Crippen molar-refractivity contribution in [3.05, 3.63) is 11.6 Å². The quantitative estimate of drug-likeness (QED) is 0.282. The van der Waals surface area contributed by atoms with Crippen LogP contribution in [0.25, 0.3) is 0 Å². The summed E-state index contributed by atoms with van der Waals surface area (Å²) in [7, 11) is 4.44. The van der Waals surface area contributed by atoms with Crippen LogP contribution in [0.4, 0.5) is 0 Å². The lowest BCUT2D eigenvalue weighted by Crippen LogP contribution is -2.60. The number of aliphatic hydroxyl groups is 4. The Morgan fingerprint density at radius 3 is 2.27 bits per heavy atom. The molecule has 0 saturated carbocycles. The molecule has 0 aromatic rings. The van der Waals surface area contributed by atoms with E-state index in [1.807, 2.05) is 13.0 Å². The Hall–Kier alpha value is -1.11. The molecular weight excluding hydrogens is 484 g/mol. The van der Waals surface area contributed by atoms with Crippen LogP contribution in [0.1, 0.15) is 66.2 Å². The normalized spacial score (nSPS) is 38.9. The van der Waals surface area contributed by atoms with E-state index in [4.69, 9.17) is 23.7 Å². The summed E-state index contributed by atoms with van der Waals surface area (Å²) < 4.78 is 28.6. The van der Waals surface area contributed by atoms with Crippen molar-refractivity contribution >= 4 is 5.97 Å². The van der Waals surface area contributed by atoms with Crippen LogP contribution < -0.4 is 0 Å². The molecule has 0 radical (unpaired) electrons. The molecule has 216 valence electrons. The molecule has 10 nitrogen and oxygen atoms in total. The molecule has 2 bridgehead atoms. The summed E-state index contributed by atoms with van der Waals surface area (Å²) in [4.78, 5) is 13.1. The molecule has 37 heavy (non-hydrogen) atoms. The Balaban J connectivity index is 2.51. The van der Waals surface area contributed by atoms with E-state index in [0.29, 0.717) is 18.4 Å². The molecule has 9 atom stereocenters. The second kappa shape index (κ2) is 13.8. The standard InChI is InChI=1S/C27H48O10/c1-8-17(15-28)9-16(2)21-11-18(33-5)13-23(29)26(3,4)27(32)14-20(34-6)10-19(37-27)12-22(35-7)24(30)25(31)36-21/h9,17-24,28-30,32H,8,10-15H2,1-7H3/b16-9-/t17?,18-,19-,20-,21+,22-,23+,24+,27?/m1/s1. The van der Waals surface area contributed by atoms with E-state index in [2.05, 4.69) is 0 Å². The van der Waals surface area contributed by atoms with Crippen molar-refractivity contribution in [3.8, 4) is 0 Å². The summed E-state index contributed by atoms with van der Waals surface area (Å²) in [6.45, 7) is 7.18. The lowest BCUT2D eigenvalue weighted by atomic mass is 9.71. The van der Waals surface area contributed by atoms with E-state index in [9.17, 15) is 25.2 Å². The Morgan fingerprint density at radius 2 is 1.73 bits per heavy atom. The van der Waals surface area contributed by atoms with Crippen molar-refractivity contribution in [1.29, 1.82) is 0 Å². The van der Waals surface area contributed by atoms with Crippen LogP contribution in [0.5, 0.6) is 0 Å². The van der Waals surface area contributed by atoms with Gasteiger partial charge in [-0.05, 0) is 18.9 Å². The molecule has 0 amide bonds. The van der Waals surface area contributed by atoms with Crippen LogP contribution in [-0.2, 0) is 28.5 Å². The molecule has 2 aliphatic rings. The Kier molecular flexibility index (Phi) is 12.0. The molecule has 0 aromatic carbocycles. The number of hydrogen-bond donors (Lipinski definition) is 4. The molecule has 0 aliphatic carbocycles. The minimum Gasteiger partial charge on any atom is -0.456 e. The molecule has 2 heterocycles. The minimum absolute atomic E-state index is 0.0497. The van der Waals surface area contributed by atoms with Crippen LogP contribution in [0.3, 0.4) is 0 Å². The van der Waals surface area contributed by atoms with Gasteiger partial charge in [0.05, 0.1) is 30.5 Å². The van der Waals surface area contributed by atoms with Crippen molar-refractivity contribution in [1.82, 2.24) is 0 Å². The van der Waals surface area contributed by atoms with E-state index >= 15 is 0 Å². The molecule has 2 fully saturated rings. The highest BCUT2D eigenvalue weighted by Crippen LogP contribution is 2.46. The van der Waals surface area contributed by atoms with Gasteiger partial charge in [-0.15, -0.1) is 0 Å². The SMILES string of the molecule is CCC(/C=C(/C)[C@@H]1C[C@@H](OC)C[C@H](O)C(C)(C)C2(O)C[C@H](OC)C[C@H](C[C@@H](OC)[C@H](O)C(=O)O1)O2)CO. The molecular formula is C27H48O10. The zero-order valence-corrected chi connectivity index (χ0v) is 23.4.